The average Bonchev–Trinajstić information content (AvgIpc) is 3.78. The zero-order chi connectivity index (χ0) is 37.4. The van der Waals surface area contributed by atoms with Gasteiger partial charge in [-0.25, -0.2) is 0 Å². The number of carbonyl (C=O) groups excluding carboxylic acids is 7. The van der Waals surface area contributed by atoms with Gasteiger partial charge in [0.1, 0.15) is 30.2 Å². The Morgan fingerprint density at radius 1 is 0.846 bits per heavy atom. The lowest BCUT2D eigenvalue weighted by atomic mass is 10.0. The summed E-state index contributed by atoms with van der Waals surface area (Å²) in [5, 5.41) is 24.3. The lowest BCUT2D eigenvalue weighted by Gasteiger charge is -2.30. The molecule has 14 heteroatoms. The van der Waals surface area contributed by atoms with Gasteiger partial charge in [0.05, 0.1) is 6.10 Å². The van der Waals surface area contributed by atoms with Crippen LogP contribution in [0.25, 0.3) is 0 Å². The molecule has 278 valence electrons. The van der Waals surface area contributed by atoms with Crippen LogP contribution >= 0.6 is 0 Å². The molecule has 0 bridgehead atoms. The van der Waals surface area contributed by atoms with E-state index in [0.29, 0.717) is 61.8 Å². The van der Waals surface area contributed by atoms with Gasteiger partial charge in [-0.1, -0.05) is 49.4 Å². The molecule has 6 atom stereocenters. The lowest BCUT2D eigenvalue weighted by molar-refractivity contribution is -0.142. The van der Waals surface area contributed by atoms with Gasteiger partial charge in [0.2, 0.25) is 29.5 Å². The molecule has 2 fully saturated rings. The number of hydrogen-bond donors (Lipinski definition) is 6. The molecule has 2 aromatic rings. The summed E-state index contributed by atoms with van der Waals surface area (Å²) in [6, 6.07) is 8.44. The zero-order valence-corrected chi connectivity index (χ0v) is 29.6. The molecule has 5 rings (SSSR count). The third kappa shape index (κ3) is 9.02. The van der Waals surface area contributed by atoms with Crippen LogP contribution in [-0.2, 0) is 36.8 Å². The van der Waals surface area contributed by atoms with E-state index in [1.54, 1.807) is 37.3 Å². The fourth-order valence-corrected chi connectivity index (χ4v) is 7.11. The molecular weight excluding hydrogens is 668 g/mol. The van der Waals surface area contributed by atoms with Crippen molar-refractivity contribution >= 4 is 41.2 Å². The van der Waals surface area contributed by atoms with Crippen LogP contribution in [0.2, 0.25) is 0 Å². The Hall–Kier alpha value is -5.11. The van der Waals surface area contributed by atoms with Crippen molar-refractivity contribution in [2.75, 3.05) is 13.1 Å². The van der Waals surface area contributed by atoms with Crippen molar-refractivity contribution in [3.8, 4) is 0 Å². The van der Waals surface area contributed by atoms with Crippen molar-refractivity contribution in [3.05, 3.63) is 70.8 Å². The van der Waals surface area contributed by atoms with Gasteiger partial charge in [-0.15, -0.1) is 0 Å². The minimum atomic E-state index is -1.48. The Bertz CT molecular complexity index is 1680. The third-order valence-electron chi connectivity index (χ3n) is 10.0. The SMILES string of the molecule is CC[C@@H]1NC(=O)[C@@H](NC(=O)c2cccc3c2CCC3=O)CCCCNC(=O)[C@@H]2CCCN2C(=O)[C@@H](Cc2ccccc2)NC(=O)[C@H]([C@@H](C)O)NC1=O. The maximum absolute atomic E-state index is 14.0. The molecule has 14 nitrogen and oxygen atoms in total. The predicted molar refractivity (Wildman–Crippen MR) is 190 cm³/mol. The van der Waals surface area contributed by atoms with E-state index in [1.165, 1.54) is 11.8 Å². The average molecular weight is 717 g/mol. The molecule has 2 aromatic carbocycles. The van der Waals surface area contributed by atoms with E-state index in [9.17, 15) is 38.7 Å². The first-order valence-electron chi connectivity index (χ1n) is 18.2. The van der Waals surface area contributed by atoms with E-state index in [1.807, 2.05) is 18.2 Å². The molecule has 1 aliphatic carbocycles. The van der Waals surface area contributed by atoms with Crippen LogP contribution in [0.5, 0.6) is 0 Å². The summed E-state index contributed by atoms with van der Waals surface area (Å²) < 4.78 is 0. The summed E-state index contributed by atoms with van der Waals surface area (Å²) >= 11 is 0. The van der Waals surface area contributed by atoms with Gasteiger partial charge in [-0.05, 0) is 69.1 Å². The molecule has 6 N–H and O–H groups in total. The van der Waals surface area contributed by atoms with E-state index in [4.69, 9.17) is 0 Å². The number of ketones is 1. The van der Waals surface area contributed by atoms with Gasteiger partial charge < -0.3 is 36.6 Å². The first-order valence-corrected chi connectivity index (χ1v) is 18.2. The van der Waals surface area contributed by atoms with Crippen molar-refractivity contribution in [2.24, 2.45) is 0 Å². The number of hydrogen-bond acceptors (Lipinski definition) is 8. The highest BCUT2D eigenvalue weighted by atomic mass is 16.3. The molecule has 6 amide bonds. The smallest absolute Gasteiger partial charge is 0.252 e. The number of nitrogens with one attached hydrogen (secondary N) is 5. The van der Waals surface area contributed by atoms with Crippen LogP contribution in [0.15, 0.2) is 48.5 Å². The Morgan fingerprint density at radius 3 is 2.33 bits per heavy atom. The summed E-state index contributed by atoms with van der Waals surface area (Å²) in [5.41, 5.74) is 2.18. The Balaban J connectivity index is 1.40. The monoisotopic (exact) mass is 716 g/mol. The van der Waals surface area contributed by atoms with Crippen molar-refractivity contribution in [3.63, 3.8) is 0 Å². The van der Waals surface area contributed by atoms with Crippen LogP contribution in [0.4, 0.5) is 0 Å². The first-order chi connectivity index (χ1) is 25.0. The predicted octanol–water partition coefficient (Wildman–Crippen LogP) is 0.693. The second-order valence-corrected chi connectivity index (χ2v) is 13.7. The van der Waals surface area contributed by atoms with E-state index in [2.05, 4.69) is 26.6 Å². The topological polar surface area (TPSA) is 203 Å². The highest BCUT2D eigenvalue weighted by Gasteiger charge is 2.39. The second-order valence-electron chi connectivity index (χ2n) is 13.7. The third-order valence-corrected chi connectivity index (χ3v) is 10.0. The number of rotatable bonds is 6. The van der Waals surface area contributed by atoms with Crippen LogP contribution in [0.3, 0.4) is 0 Å². The summed E-state index contributed by atoms with van der Waals surface area (Å²) in [5.74, 6) is -3.53. The van der Waals surface area contributed by atoms with Gasteiger partial charge in [0, 0.05) is 37.1 Å². The molecule has 52 heavy (non-hydrogen) atoms. The van der Waals surface area contributed by atoms with Crippen LogP contribution in [0.1, 0.15) is 90.6 Å². The van der Waals surface area contributed by atoms with Gasteiger partial charge in [-0.2, -0.15) is 0 Å². The normalized spacial score (nSPS) is 25.7. The number of nitrogens with zero attached hydrogens (tertiary/aromatic N) is 1. The maximum Gasteiger partial charge on any atom is 0.252 e. The van der Waals surface area contributed by atoms with Crippen LogP contribution < -0.4 is 26.6 Å². The first kappa shape index (κ1) is 38.1. The number of aliphatic hydroxyl groups is 1. The molecule has 2 aliphatic heterocycles. The summed E-state index contributed by atoms with van der Waals surface area (Å²) in [7, 11) is 0. The minimum Gasteiger partial charge on any atom is -0.391 e. The highest BCUT2D eigenvalue weighted by molar-refractivity contribution is 6.06. The number of fused-ring (bicyclic) bond motifs is 2. The van der Waals surface area contributed by atoms with E-state index in [-0.39, 0.29) is 37.5 Å². The molecule has 0 spiro atoms. The molecule has 2 heterocycles. The fraction of sp³-hybridized carbons (Fsp3) is 0.500. The number of amides is 6. The molecule has 3 aliphatic rings. The van der Waals surface area contributed by atoms with E-state index < -0.39 is 65.8 Å². The van der Waals surface area contributed by atoms with Crippen LogP contribution in [-0.4, -0.2) is 101 Å². The van der Waals surface area contributed by atoms with Gasteiger partial charge in [0.15, 0.2) is 5.78 Å². The van der Waals surface area contributed by atoms with E-state index >= 15 is 0 Å². The number of Topliss-reactive ketones (excluding diaryl/α,β-unsaturated/α-hetero) is 1. The van der Waals surface area contributed by atoms with Crippen molar-refractivity contribution in [2.45, 2.75) is 108 Å². The van der Waals surface area contributed by atoms with Gasteiger partial charge in [-0.3, -0.25) is 33.6 Å². The molecule has 0 radical (unpaired) electrons. The molecule has 0 unspecified atom stereocenters. The van der Waals surface area contributed by atoms with Crippen molar-refractivity contribution in [1.82, 2.24) is 31.5 Å². The Kier molecular flexibility index (Phi) is 12.8. The van der Waals surface area contributed by atoms with Gasteiger partial charge in [0.25, 0.3) is 5.91 Å². The lowest BCUT2D eigenvalue weighted by Crippen LogP contribution is -2.61. The van der Waals surface area contributed by atoms with Crippen molar-refractivity contribution in [1.29, 1.82) is 0 Å². The molecular formula is C38H48N6O8. The zero-order valence-electron chi connectivity index (χ0n) is 29.6. The molecule has 2 saturated heterocycles. The fourth-order valence-electron chi connectivity index (χ4n) is 7.11. The standard InChI is InChI=1S/C38H48N6O8/c1-3-27-34(48)43-32(22(2)45)37(51)42-29(21-23-11-5-4-6-12-23)38(52)44-20-10-16-30(44)36(50)39-19-8-7-15-28(35(49)40-27)41-33(47)26-14-9-13-25-24(26)17-18-31(25)46/h4-6,9,11-14,22,27-30,32,45H,3,7-8,10,15-21H2,1-2H3,(H,39,50)(H,40,49)(H,41,47)(H,42,51)(H,43,48)/t22-,27+,28+,29-,30+,32+/m1/s1. The Labute approximate surface area is 302 Å². The molecule has 0 saturated carbocycles. The second kappa shape index (κ2) is 17.4. The minimum absolute atomic E-state index is 0.0471. The van der Waals surface area contributed by atoms with Crippen LogP contribution in [0, 0.1) is 0 Å². The number of carbonyl (C=O) groups is 7. The van der Waals surface area contributed by atoms with Crippen molar-refractivity contribution < 1.29 is 38.7 Å². The summed E-state index contributed by atoms with van der Waals surface area (Å²) in [4.78, 5) is 95.7. The van der Waals surface area contributed by atoms with E-state index in [0.717, 1.165) is 5.56 Å². The summed E-state index contributed by atoms with van der Waals surface area (Å²) in [6.07, 6.45) is 1.66. The maximum atomic E-state index is 14.0. The Morgan fingerprint density at radius 2 is 1.60 bits per heavy atom. The largest absolute Gasteiger partial charge is 0.391 e. The summed E-state index contributed by atoms with van der Waals surface area (Å²) in [6.45, 7) is 3.57. The number of aliphatic hydroxyl groups excluding tert-OH is 1. The molecule has 0 aromatic heterocycles. The quantitative estimate of drug-likeness (QED) is 0.251. The highest BCUT2D eigenvalue weighted by Crippen LogP contribution is 2.26. The van der Waals surface area contributed by atoms with Gasteiger partial charge >= 0.3 is 0 Å². The number of benzene rings is 2.